The van der Waals surface area contributed by atoms with Gasteiger partial charge in [-0.3, -0.25) is 0 Å². The molecule has 0 heterocycles. The second-order valence-electron chi connectivity index (χ2n) is 7.10. The van der Waals surface area contributed by atoms with Crippen molar-refractivity contribution < 1.29 is 20.8 Å². The summed E-state index contributed by atoms with van der Waals surface area (Å²) in [6.07, 6.45) is 6.99. The number of rotatable bonds is 3. The third-order valence-corrected chi connectivity index (χ3v) is 5.46. The molecule has 2 aliphatic rings. The van der Waals surface area contributed by atoms with Crippen LogP contribution in [0.2, 0.25) is 0 Å². The van der Waals surface area contributed by atoms with E-state index in [2.05, 4.69) is 91.0 Å². The van der Waals surface area contributed by atoms with Crippen molar-refractivity contribution in [2.45, 2.75) is 18.8 Å². The normalized spacial score (nSPS) is 16.3. The molecule has 3 aromatic rings. The molecule has 0 aliphatic heterocycles. The van der Waals surface area contributed by atoms with E-state index in [1.807, 2.05) is 0 Å². The van der Waals surface area contributed by atoms with Crippen LogP contribution in [0.3, 0.4) is 0 Å². The van der Waals surface area contributed by atoms with Crippen molar-refractivity contribution in [2.75, 3.05) is 0 Å². The fourth-order valence-electron chi connectivity index (χ4n) is 4.28. The van der Waals surface area contributed by atoms with Crippen LogP contribution in [0.25, 0.3) is 17.7 Å². The molecule has 0 saturated heterocycles. The predicted octanol–water partition coefficient (Wildman–Crippen LogP) is 7.73. The Labute approximate surface area is 185 Å². The van der Waals surface area contributed by atoms with Gasteiger partial charge in [-0.1, -0.05) is 96.6 Å². The van der Waals surface area contributed by atoms with Crippen LogP contribution in [0.5, 0.6) is 0 Å². The standard InChI is InChI=1S/C25H20.2ClH.Zr/c1-2-8-19(9-3-1)24-17-22-12-6-7-13-23(22)25(24)16-18-14-20-10-4-5-11-21(20)15-18;;;/h1-14,17,25H,15-16H2;2*1H;/q;;;+2/p-2. The molecule has 0 fully saturated rings. The fourth-order valence-corrected chi connectivity index (χ4v) is 4.28. The molecular formula is C25H20Cl2Zr. The van der Waals surface area contributed by atoms with E-state index in [1.165, 1.54) is 33.4 Å². The molecule has 0 nitrogen and oxygen atoms in total. The summed E-state index contributed by atoms with van der Waals surface area (Å²) in [6, 6.07) is 28.5. The summed E-state index contributed by atoms with van der Waals surface area (Å²) in [5.74, 6) is 0.458. The van der Waals surface area contributed by atoms with Gasteiger partial charge in [0.15, 0.2) is 0 Å². The molecule has 3 heteroatoms. The van der Waals surface area contributed by atoms with E-state index in [-0.39, 0.29) is 0 Å². The Morgan fingerprint density at radius 2 is 1.39 bits per heavy atom. The Morgan fingerprint density at radius 1 is 0.750 bits per heavy atom. The molecule has 0 bridgehead atoms. The number of benzene rings is 3. The maximum atomic E-state index is 4.93. The first-order chi connectivity index (χ1) is 13.8. The van der Waals surface area contributed by atoms with E-state index >= 15 is 0 Å². The van der Waals surface area contributed by atoms with Crippen molar-refractivity contribution in [3.05, 3.63) is 112 Å². The second-order valence-corrected chi connectivity index (χ2v) is 10.8. The quantitative estimate of drug-likeness (QED) is 0.358. The molecule has 1 unspecified atom stereocenters. The Balaban J connectivity index is 0.000000604. The number of fused-ring (bicyclic) bond motifs is 2. The van der Waals surface area contributed by atoms with Gasteiger partial charge in [-0.25, -0.2) is 0 Å². The van der Waals surface area contributed by atoms with Crippen molar-refractivity contribution >= 4 is 34.8 Å². The van der Waals surface area contributed by atoms with Crippen LogP contribution in [0, 0.1) is 0 Å². The van der Waals surface area contributed by atoms with Gasteiger partial charge in [0.25, 0.3) is 0 Å². The van der Waals surface area contributed by atoms with E-state index in [4.69, 9.17) is 17.0 Å². The molecule has 0 saturated carbocycles. The molecule has 0 spiro atoms. The first kappa shape index (κ1) is 19.9. The van der Waals surface area contributed by atoms with Crippen molar-refractivity contribution in [1.29, 1.82) is 0 Å². The van der Waals surface area contributed by atoms with Gasteiger partial charge in [-0.05, 0) is 46.2 Å². The van der Waals surface area contributed by atoms with Gasteiger partial charge in [0.1, 0.15) is 0 Å². The first-order valence-electron chi connectivity index (χ1n) is 9.39. The fraction of sp³-hybridized carbons (Fsp3) is 0.120. The number of hydrogen-bond donors (Lipinski definition) is 0. The summed E-state index contributed by atoms with van der Waals surface area (Å²) in [7, 11) is 9.87. The minimum absolute atomic E-state index is 0.458. The van der Waals surface area contributed by atoms with E-state index in [0.29, 0.717) is 5.92 Å². The van der Waals surface area contributed by atoms with Gasteiger partial charge < -0.3 is 0 Å². The summed E-state index contributed by atoms with van der Waals surface area (Å²) in [6.45, 7) is 0. The van der Waals surface area contributed by atoms with Crippen LogP contribution >= 0.6 is 17.0 Å². The van der Waals surface area contributed by atoms with Gasteiger partial charge in [0.05, 0.1) is 0 Å². The monoisotopic (exact) mass is 480 g/mol. The Hall–Kier alpha value is -1.40. The molecule has 1 atom stereocenters. The topological polar surface area (TPSA) is 0 Å². The van der Waals surface area contributed by atoms with Crippen molar-refractivity contribution in [2.24, 2.45) is 0 Å². The van der Waals surface area contributed by atoms with E-state index in [1.54, 1.807) is 5.57 Å². The molecule has 0 radical (unpaired) electrons. The second kappa shape index (κ2) is 9.40. The molecule has 0 aromatic heterocycles. The molecule has 138 valence electrons. The Bertz CT molecular complexity index is 1020. The number of halogens is 2. The van der Waals surface area contributed by atoms with Crippen molar-refractivity contribution in [3.63, 3.8) is 0 Å². The van der Waals surface area contributed by atoms with Crippen LogP contribution in [0.4, 0.5) is 0 Å². The average Bonchev–Trinajstić information content (AvgIpc) is 3.31. The van der Waals surface area contributed by atoms with Gasteiger partial charge in [-0.2, -0.15) is 0 Å². The van der Waals surface area contributed by atoms with Crippen LogP contribution in [0.15, 0.2) is 84.4 Å². The van der Waals surface area contributed by atoms with Gasteiger partial charge in [0.2, 0.25) is 0 Å². The summed E-state index contributed by atoms with van der Waals surface area (Å²) in [5.41, 5.74) is 10.1. The van der Waals surface area contributed by atoms with E-state index < -0.39 is 20.8 Å². The zero-order valence-electron chi connectivity index (χ0n) is 15.4. The Morgan fingerprint density at radius 3 is 2.14 bits per heavy atom. The predicted molar refractivity (Wildman–Crippen MR) is 118 cm³/mol. The molecule has 5 rings (SSSR count). The van der Waals surface area contributed by atoms with Gasteiger partial charge >= 0.3 is 37.9 Å². The summed E-state index contributed by atoms with van der Waals surface area (Å²) in [4.78, 5) is 0. The third-order valence-electron chi connectivity index (χ3n) is 5.46. The van der Waals surface area contributed by atoms with Crippen LogP contribution in [-0.2, 0) is 27.3 Å². The zero-order chi connectivity index (χ0) is 19.3. The molecule has 3 aromatic carbocycles. The summed E-state index contributed by atoms with van der Waals surface area (Å²) < 4.78 is 0. The van der Waals surface area contributed by atoms with Crippen molar-refractivity contribution in [1.82, 2.24) is 0 Å². The zero-order valence-corrected chi connectivity index (χ0v) is 19.4. The summed E-state index contributed by atoms with van der Waals surface area (Å²) in [5, 5.41) is 0. The number of hydrogen-bond acceptors (Lipinski definition) is 0. The Kier molecular flexibility index (Phi) is 6.68. The maximum absolute atomic E-state index is 4.93. The van der Waals surface area contributed by atoms with Gasteiger partial charge in [-0.15, -0.1) is 0 Å². The molecule has 0 N–H and O–H groups in total. The van der Waals surface area contributed by atoms with E-state index in [9.17, 15) is 0 Å². The third kappa shape index (κ3) is 4.28. The van der Waals surface area contributed by atoms with Crippen LogP contribution in [0.1, 0.15) is 40.2 Å². The minimum atomic E-state index is -0.826. The van der Waals surface area contributed by atoms with Crippen LogP contribution < -0.4 is 0 Å². The summed E-state index contributed by atoms with van der Waals surface area (Å²) >= 11 is -0.826. The van der Waals surface area contributed by atoms with Gasteiger partial charge in [0, 0.05) is 5.92 Å². The number of allylic oxidation sites excluding steroid dienone is 2. The average molecular weight is 483 g/mol. The molecule has 2 aliphatic carbocycles. The first-order valence-corrected chi connectivity index (χ1v) is 15.7. The molecular weight excluding hydrogens is 462 g/mol. The SMILES string of the molecule is C1=C(CC2C(c3ccccc3)=Cc3ccccc32)Cc2ccccc21.[Cl][Zr][Cl]. The van der Waals surface area contributed by atoms with Crippen LogP contribution in [-0.4, -0.2) is 0 Å². The van der Waals surface area contributed by atoms with Crippen molar-refractivity contribution in [3.8, 4) is 0 Å². The van der Waals surface area contributed by atoms with E-state index in [0.717, 1.165) is 12.8 Å². The molecule has 28 heavy (non-hydrogen) atoms. The molecule has 0 amide bonds.